The van der Waals surface area contributed by atoms with Crippen molar-refractivity contribution in [2.45, 2.75) is 58.5 Å². The van der Waals surface area contributed by atoms with Crippen molar-refractivity contribution in [2.75, 3.05) is 6.54 Å². The molecule has 3 heterocycles. The lowest BCUT2D eigenvalue weighted by molar-refractivity contribution is -0.119. The summed E-state index contributed by atoms with van der Waals surface area (Å²) in [6.45, 7) is 9.10. The normalized spacial score (nSPS) is 29.1. The molecule has 154 valence electrons. The molecule has 0 saturated heterocycles. The van der Waals surface area contributed by atoms with Gasteiger partial charge in [0.05, 0.1) is 23.9 Å². The van der Waals surface area contributed by atoms with Gasteiger partial charge in [-0.05, 0) is 36.3 Å². The second-order valence-corrected chi connectivity index (χ2v) is 9.46. The molecule has 5 rings (SSSR count). The van der Waals surface area contributed by atoms with Crippen molar-refractivity contribution >= 4 is 11.4 Å². The van der Waals surface area contributed by atoms with Gasteiger partial charge in [0, 0.05) is 28.8 Å². The molecule has 0 radical (unpaired) electrons. The first-order chi connectivity index (χ1) is 14.4. The van der Waals surface area contributed by atoms with Crippen LogP contribution in [0.3, 0.4) is 0 Å². The minimum absolute atomic E-state index is 0.0616. The summed E-state index contributed by atoms with van der Waals surface area (Å²) in [6, 6.07) is 8.54. The Labute approximate surface area is 177 Å². The third-order valence-electron chi connectivity index (χ3n) is 6.85. The Morgan fingerprint density at radius 3 is 2.80 bits per heavy atom. The zero-order valence-corrected chi connectivity index (χ0v) is 18.0. The lowest BCUT2D eigenvalue weighted by atomic mass is 9.58. The van der Waals surface area contributed by atoms with E-state index in [1.54, 1.807) is 0 Å². The number of hydrogen-bond donors (Lipinski definition) is 1. The highest BCUT2D eigenvalue weighted by atomic mass is 16.1. The third-order valence-corrected chi connectivity index (χ3v) is 6.85. The average Bonchev–Trinajstić information content (AvgIpc) is 3.36. The number of nitrogens with zero attached hydrogens (tertiary/aromatic N) is 4. The summed E-state index contributed by atoms with van der Waals surface area (Å²) in [5.41, 5.74) is 6.73. The zero-order chi connectivity index (χ0) is 21.1. The van der Waals surface area contributed by atoms with Crippen LogP contribution in [0.25, 0.3) is 5.57 Å². The van der Waals surface area contributed by atoms with Gasteiger partial charge < -0.3 is 5.32 Å². The number of Topliss-reactive ketones (excluding diaryl/α,β-unsaturated/α-hetero) is 1. The second-order valence-electron chi connectivity index (χ2n) is 9.46. The van der Waals surface area contributed by atoms with Crippen LogP contribution in [-0.4, -0.2) is 18.5 Å². The van der Waals surface area contributed by atoms with Gasteiger partial charge in [0.2, 0.25) is 0 Å². The van der Waals surface area contributed by atoms with Gasteiger partial charge in [0.25, 0.3) is 0 Å². The fourth-order valence-electron chi connectivity index (χ4n) is 5.63. The summed E-state index contributed by atoms with van der Waals surface area (Å²) < 4.78 is 0. The molecule has 0 aromatic heterocycles. The number of azo groups is 2. The van der Waals surface area contributed by atoms with Crippen LogP contribution in [0.4, 0.5) is 0 Å². The van der Waals surface area contributed by atoms with Crippen molar-refractivity contribution in [1.29, 1.82) is 0 Å². The number of hydrogen-bond acceptors (Lipinski definition) is 6. The smallest absolute Gasteiger partial charge is 0.165 e. The molecule has 1 aliphatic carbocycles. The van der Waals surface area contributed by atoms with E-state index in [1.807, 2.05) is 13.1 Å². The van der Waals surface area contributed by atoms with Crippen molar-refractivity contribution in [3.05, 3.63) is 64.1 Å². The molecule has 3 aliphatic heterocycles. The van der Waals surface area contributed by atoms with Crippen molar-refractivity contribution in [3.8, 4) is 0 Å². The zero-order valence-electron chi connectivity index (χ0n) is 18.0. The van der Waals surface area contributed by atoms with E-state index in [-0.39, 0.29) is 17.4 Å². The fourth-order valence-corrected chi connectivity index (χ4v) is 5.63. The molecular formula is C24H27N5O. The Kier molecular flexibility index (Phi) is 4.17. The monoisotopic (exact) mass is 401 g/mol. The molecule has 30 heavy (non-hydrogen) atoms. The largest absolute Gasteiger partial charge is 0.362 e. The third kappa shape index (κ3) is 2.66. The van der Waals surface area contributed by atoms with Crippen LogP contribution < -0.4 is 5.32 Å². The molecule has 0 amide bonds. The highest BCUT2D eigenvalue weighted by Crippen LogP contribution is 2.55. The topological polar surface area (TPSA) is 78.5 Å². The van der Waals surface area contributed by atoms with Crippen LogP contribution in [-0.2, 0) is 10.2 Å². The van der Waals surface area contributed by atoms with Crippen LogP contribution in [0.2, 0.25) is 0 Å². The van der Waals surface area contributed by atoms with E-state index in [2.05, 4.69) is 70.8 Å². The maximum absolute atomic E-state index is 13.6. The highest BCUT2D eigenvalue weighted by molar-refractivity contribution is 6.01. The quantitative estimate of drug-likeness (QED) is 0.730. The van der Waals surface area contributed by atoms with Gasteiger partial charge in [-0.1, -0.05) is 45.0 Å². The molecule has 2 atom stereocenters. The molecule has 1 aromatic carbocycles. The van der Waals surface area contributed by atoms with Crippen LogP contribution in [0, 0.1) is 5.41 Å². The van der Waals surface area contributed by atoms with E-state index in [1.165, 1.54) is 0 Å². The Morgan fingerprint density at radius 1 is 1.23 bits per heavy atom. The minimum Gasteiger partial charge on any atom is -0.362 e. The van der Waals surface area contributed by atoms with Gasteiger partial charge in [-0.2, -0.15) is 20.5 Å². The predicted molar refractivity (Wildman–Crippen MR) is 116 cm³/mol. The van der Waals surface area contributed by atoms with E-state index in [9.17, 15) is 4.79 Å². The molecule has 0 saturated carbocycles. The molecule has 1 N–H and O–H groups in total. The summed E-state index contributed by atoms with van der Waals surface area (Å²) in [7, 11) is 0. The molecule has 1 unspecified atom stereocenters. The number of carbonyl (C=O) groups is 1. The van der Waals surface area contributed by atoms with Gasteiger partial charge in [0.15, 0.2) is 11.9 Å². The average molecular weight is 402 g/mol. The molecule has 6 nitrogen and oxygen atoms in total. The van der Waals surface area contributed by atoms with Gasteiger partial charge in [-0.15, -0.1) is 0 Å². The lowest BCUT2D eigenvalue weighted by Crippen LogP contribution is -2.51. The van der Waals surface area contributed by atoms with Gasteiger partial charge >= 0.3 is 0 Å². The highest BCUT2D eigenvalue weighted by Gasteiger charge is 2.53. The molecular weight excluding hydrogens is 374 g/mol. The first-order valence-electron chi connectivity index (χ1n) is 10.7. The fraction of sp³-hybridized carbons (Fsp3) is 0.458. The van der Waals surface area contributed by atoms with Crippen LogP contribution >= 0.6 is 0 Å². The van der Waals surface area contributed by atoms with E-state index < -0.39 is 5.41 Å². The molecule has 0 bridgehead atoms. The summed E-state index contributed by atoms with van der Waals surface area (Å²) >= 11 is 0. The lowest BCUT2D eigenvalue weighted by Gasteiger charge is -2.48. The molecule has 6 heteroatoms. The Hall–Kier alpha value is -2.89. The Bertz CT molecular complexity index is 1100. The summed E-state index contributed by atoms with van der Waals surface area (Å²) in [5.74, 6) is 0.233. The number of fused-ring (bicyclic) bond motifs is 1. The molecule has 0 fully saturated rings. The van der Waals surface area contributed by atoms with Crippen LogP contribution in [0.5, 0.6) is 0 Å². The van der Waals surface area contributed by atoms with Crippen molar-refractivity contribution in [1.82, 2.24) is 5.32 Å². The minimum atomic E-state index is -0.518. The van der Waals surface area contributed by atoms with Crippen LogP contribution in [0.15, 0.2) is 73.5 Å². The summed E-state index contributed by atoms with van der Waals surface area (Å²) in [5, 5.41) is 20.6. The first kappa shape index (κ1) is 19.1. The summed E-state index contributed by atoms with van der Waals surface area (Å²) in [6.07, 6.45) is 3.81. The maximum atomic E-state index is 13.6. The SMILES string of the molecule is CC[C@]1(c2cccc(C3=CN=NC3)c2)C2=C(CC(C)(C)CC2=O)NC2N=NC(C)=C21. The number of allylic oxidation sites excluding steroid dienone is 3. The van der Waals surface area contributed by atoms with E-state index in [0.717, 1.165) is 52.1 Å². The number of ketones is 1. The van der Waals surface area contributed by atoms with Crippen LogP contribution in [0.1, 0.15) is 58.1 Å². The van der Waals surface area contributed by atoms with E-state index >= 15 is 0 Å². The first-order valence-corrected chi connectivity index (χ1v) is 10.7. The van der Waals surface area contributed by atoms with Gasteiger partial charge in [-0.3, -0.25) is 4.79 Å². The molecule has 4 aliphatic rings. The van der Waals surface area contributed by atoms with E-state index in [4.69, 9.17) is 0 Å². The number of benzene rings is 1. The predicted octanol–water partition coefficient (Wildman–Crippen LogP) is 5.45. The number of rotatable bonds is 3. The summed E-state index contributed by atoms with van der Waals surface area (Å²) in [4.78, 5) is 13.6. The second kappa shape index (κ2) is 6.56. The number of carbonyl (C=O) groups excluding carboxylic acids is 1. The standard InChI is InChI=1S/C24H27N5O/c1-5-24(17-8-6-7-15(9-17)16-12-25-26-13-16)20-14(2)28-29-22(20)27-18-10-23(3,4)11-19(30)21(18)24/h6-9,12,22,27H,5,10-11,13H2,1-4H3/t22?,24-/m1/s1. The molecule has 0 spiro atoms. The Morgan fingerprint density at radius 2 is 2.07 bits per heavy atom. The van der Waals surface area contributed by atoms with Crippen molar-refractivity contribution < 1.29 is 4.79 Å². The number of nitrogens with one attached hydrogen (secondary N) is 1. The van der Waals surface area contributed by atoms with Crippen molar-refractivity contribution in [3.63, 3.8) is 0 Å². The molecule has 1 aromatic rings. The van der Waals surface area contributed by atoms with Gasteiger partial charge in [-0.25, -0.2) is 0 Å². The van der Waals surface area contributed by atoms with Gasteiger partial charge in [0.1, 0.15) is 0 Å². The van der Waals surface area contributed by atoms with Crippen molar-refractivity contribution in [2.24, 2.45) is 25.9 Å². The van der Waals surface area contributed by atoms with E-state index in [0.29, 0.717) is 13.0 Å². The Balaban J connectivity index is 1.76. The maximum Gasteiger partial charge on any atom is 0.165 e.